The first-order valence-corrected chi connectivity index (χ1v) is 7.11. The van der Waals surface area contributed by atoms with Crippen molar-refractivity contribution in [1.29, 1.82) is 0 Å². The highest BCUT2D eigenvalue weighted by atomic mass is 16.4. The second kappa shape index (κ2) is 4.74. The van der Waals surface area contributed by atoms with Crippen molar-refractivity contribution in [3.05, 3.63) is 42.0 Å². The van der Waals surface area contributed by atoms with Crippen molar-refractivity contribution in [3.8, 4) is 0 Å². The monoisotopic (exact) mass is 285 g/mol. The summed E-state index contributed by atoms with van der Waals surface area (Å²) in [6.07, 6.45) is 0.418. The quantitative estimate of drug-likeness (QED) is 0.810. The topological polar surface area (TPSA) is 69.6 Å². The summed E-state index contributed by atoms with van der Waals surface area (Å²) in [5.74, 6) is -0.919. The van der Waals surface area contributed by atoms with E-state index < -0.39 is 5.97 Å². The molecule has 2 atom stereocenters. The number of benzene rings is 2. The molecule has 2 aromatic carbocycles. The molecule has 3 N–H and O–H groups in total. The number of aliphatic hydroxyl groups excluding tert-OH is 1. The van der Waals surface area contributed by atoms with Crippen molar-refractivity contribution >= 4 is 22.4 Å². The van der Waals surface area contributed by atoms with Gasteiger partial charge in [0, 0.05) is 22.5 Å². The molecule has 0 radical (unpaired) electrons. The predicted molar refractivity (Wildman–Crippen MR) is 82.7 cm³/mol. The number of carboxylic acids is 1. The van der Waals surface area contributed by atoms with Gasteiger partial charge >= 0.3 is 5.97 Å². The van der Waals surface area contributed by atoms with Crippen molar-refractivity contribution in [2.24, 2.45) is 5.41 Å². The molecule has 0 aromatic heterocycles. The Morgan fingerprint density at radius 1 is 1.19 bits per heavy atom. The van der Waals surface area contributed by atoms with E-state index in [2.05, 4.69) is 5.32 Å². The Kier molecular flexibility index (Phi) is 3.14. The summed E-state index contributed by atoms with van der Waals surface area (Å²) in [6.45, 7) is 4.07. The van der Waals surface area contributed by atoms with Crippen LogP contribution in [0.4, 0.5) is 5.69 Å². The Hall–Kier alpha value is -2.07. The number of rotatable bonds is 3. The third-order valence-electron chi connectivity index (χ3n) is 4.70. The first kappa shape index (κ1) is 13.9. The van der Waals surface area contributed by atoms with E-state index in [-0.39, 0.29) is 17.6 Å². The highest BCUT2D eigenvalue weighted by Gasteiger charge is 2.47. The van der Waals surface area contributed by atoms with Gasteiger partial charge in [-0.25, -0.2) is 4.79 Å². The number of aliphatic hydroxyl groups is 1. The Labute approximate surface area is 123 Å². The molecule has 4 nitrogen and oxygen atoms in total. The fraction of sp³-hybridized carbons (Fsp3) is 0.353. The number of nitrogens with one attached hydrogen (secondary N) is 1. The molecule has 0 bridgehead atoms. The van der Waals surface area contributed by atoms with E-state index in [1.54, 1.807) is 6.07 Å². The van der Waals surface area contributed by atoms with Gasteiger partial charge in [-0.2, -0.15) is 0 Å². The number of aromatic carboxylic acids is 1. The summed E-state index contributed by atoms with van der Waals surface area (Å²) in [5, 5.41) is 24.2. The highest BCUT2D eigenvalue weighted by molar-refractivity contribution is 6.07. The molecule has 1 aliphatic carbocycles. The zero-order valence-corrected chi connectivity index (χ0v) is 12.1. The van der Waals surface area contributed by atoms with Gasteiger partial charge in [0.05, 0.1) is 11.7 Å². The first-order valence-electron chi connectivity index (χ1n) is 7.11. The lowest BCUT2D eigenvalue weighted by Crippen LogP contribution is -2.56. The minimum atomic E-state index is -0.919. The lowest BCUT2D eigenvalue weighted by atomic mass is 9.64. The van der Waals surface area contributed by atoms with Crippen LogP contribution in [0.15, 0.2) is 36.4 Å². The van der Waals surface area contributed by atoms with Crippen LogP contribution in [0.5, 0.6) is 0 Å². The lowest BCUT2D eigenvalue weighted by molar-refractivity contribution is -0.0510. The van der Waals surface area contributed by atoms with Gasteiger partial charge in [-0.15, -0.1) is 0 Å². The molecule has 110 valence electrons. The Balaban J connectivity index is 2.01. The van der Waals surface area contributed by atoms with Crippen LogP contribution in [0.3, 0.4) is 0 Å². The van der Waals surface area contributed by atoms with Gasteiger partial charge < -0.3 is 15.5 Å². The van der Waals surface area contributed by atoms with Gasteiger partial charge in [-0.3, -0.25) is 0 Å². The Bertz CT molecular complexity index is 708. The largest absolute Gasteiger partial charge is 0.478 e. The van der Waals surface area contributed by atoms with Crippen molar-refractivity contribution < 1.29 is 15.0 Å². The maximum Gasteiger partial charge on any atom is 0.336 e. The standard InChI is InChI=1S/C17H19NO3/c1-17(2)14(9-15(17)19)18-13-8-7-12(16(20)21)10-5-3-4-6-11(10)13/h3-8,14-15,18-19H,9H2,1-2H3,(H,20,21). The lowest BCUT2D eigenvalue weighted by Gasteiger charge is -2.50. The van der Waals surface area contributed by atoms with Gasteiger partial charge in [-0.1, -0.05) is 38.1 Å². The minimum Gasteiger partial charge on any atom is -0.478 e. The van der Waals surface area contributed by atoms with Crippen LogP contribution >= 0.6 is 0 Å². The molecule has 2 unspecified atom stereocenters. The number of carboxylic acid groups (broad SMARTS) is 1. The van der Waals surface area contributed by atoms with E-state index in [0.29, 0.717) is 12.0 Å². The Morgan fingerprint density at radius 2 is 1.86 bits per heavy atom. The average molecular weight is 285 g/mol. The number of hydrogen-bond donors (Lipinski definition) is 3. The molecule has 1 fully saturated rings. The molecular formula is C17H19NO3. The summed E-state index contributed by atoms with van der Waals surface area (Å²) in [4.78, 5) is 11.3. The van der Waals surface area contributed by atoms with E-state index in [1.165, 1.54) is 0 Å². The van der Waals surface area contributed by atoms with Gasteiger partial charge in [-0.05, 0) is 23.9 Å². The molecule has 0 amide bonds. The molecule has 0 saturated heterocycles. The fourth-order valence-electron chi connectivity index (χ4n) is 2.95. The average Bonchev–Trinajstić information content (AvgIpc) is 2.46. The van der Waals surface area contributed by atoms with Gasteiger partial charge in [0.2, 0.25) is 0 Å². The van der Waals surface area contributed by atoms with Crippen LogP contribution in [0.2, 0.25) is 0 Å². The summed E-state index contributed by atoms with van der Waals surface area (Å²) in [6, 6.07) is 11.1. The summed E-state index contributed by atoms with van der Waals surface area (Å²) in [7, 11) is 0. The maximum absolute atomic E-state index is 11.3. The molecule has 2 aromatic rings. The number of anilines is 1. The third-order valence-corrected chi connectivity index (χ3v) is 4.70. The fourth-order valence-corrected chi connectivity index (χ4v) is 2.95. The molecule has 3 rings (SSSR count). The van der Waals surface area contributed by atoms with Gasteiger partial charge in [0.25, 0.3) is 0 Å². The molecule has 4 heteroatoms. The molecule has 1 aliphatic rings. The van der Waals surface area contributed by atoms with Crippen molar-refractivity contribution in [3.63, 3.8) is 0 Å². The van der Waals surface area contributed by atoms with E-state index in [4.69, 9.17) is 0 Å². The van der Waals surface area contributed by atoms with E-state index in [1.807, 2.05) is 44.2 Å². The highest BCUT2D eigenvalue weighted by Crippen LogP contribution is 2.43. The van der Waals surface area contributed by atoms with Crippen LogP contribution in [0.25, 0.3) is 10.8 Å². The van der Waals surface area contributed by atoms with E-state index >= 15 is 0 Å². The number of hydrogen-bond acceptors (Lipinski definition) is 3. The zero-order chi connectivity index (χ0) is 15.2. The summed E-state index contributed by atoms with van der Waals surface area (Å²) < 4.78 is 0. The summed E-state index contributed by atoms with van der Waals surface area (Å²) in [5.41, 5.74) is 1.05. The van der Waals surface area contributed by atoms with Crippen molar-refractivity contribution in [2.45, 2.75) is 32.4 Å². The zero-order valence-electron chi connectivity index (χ0n) is 12.1. The predicted octanol–water partition coefficient (Wildman–Crippen LogP) is 3.11. The number of fused-ring (bicyclic) bond motifs is 1. The molecule has 0 aliphatic heterocycles. The van der Waals surface area contributed by atoms with Crippen LogP contribution in [-0.4, -0.2) is 28.3 Å². The summed E-state index contributed by atoms with van der Waals surface area (Å²) >= 11 is 0. The Morgan fingerprint density at radius 3 is 2.43 bits per heavy atom. The molecule has 21 heavy (non-hydrogen) atoms. The van der Waals surface area contributed by atoms with Crippen LogP contribution < -0.4 is 5.32 Å². The SMILES string of the molecule is CC1(C)C(O)CC1Nc1ccc(C(=O)O)c2ccccc12. The molecule has 1 saturated carbocycles. The van der Waals surface area contributed by atoms with Crippen LogP contribution in [0, 0.1) is 5.41 Å². The van der Waals surface area contributed by atoms with E-state index in [0.717, 1.165) is 16.5 Å². The third kappa shape index (κ3) is 2.16. The molecular weight excluding hydrogens is 266 g/mol. The maximum atomic E-state index is 11.3. The molecule has 0 heterocycles. The van der Waals surface area contributed by atoms with Crippen molar-refractivity contribution in [2.75, 3.05) is 5.32 Å². The van der Waals surface area contributed by atoms with Crippen molar-refractivity contribution in [1.82, 2.24) is 0 Å². The van der Waals surface area contributed by atoms with Gasteiger partial charge in [0.15, 0.2) is 0 Å². The molecule has 0 spiro atoms. The van der Waals surface area contributed by atoms with Crippen LogP contribution in [-0.2, 0) is 0 Å². The second-order valence-corrected chi connectivity index (χ2v) is 6.28. The second-order valence-electron chi connectivity index (χ2n) is 6.28. The van der Waals surface area contributed by atoms with E-state index in [9.17, 15) is 15.0 Å². The number of carbonyl (C=O) groups is 1. The van der Waals surface area contributed by atoms with Gasteiger partial charge in [0.1, 0.15) is 0 Å². The van der Waals surface area contributed by atoms with Crippen LogP contribution in [0.1, 0.15) is 30.6 Å². The first-order chi connectivity index (χ1) is 9.91. The normalized spacial score (nSPS) is 23.6. The minimum absolute atomic E-state index is 0.174. The smallest absolute Gasteiger partial charge is 0.336 e.